The number of carbonyl (C=O) groups is 1. The average Bonchev–Trinajstić information content (AvgIpc) is 2.91. The molecule has 5 heteroatoms. The molecule has 2 atom stereocenters. The first-order valence-electron chi connectivity index (χ1n) is 7.84. The molecule has 22 heavy (non-hydrogen) atoms. The summed E-state index contributed by atoms with van der Waals surface area (Å²) >= 11 is 0. The molecule has 0 bridgehead atoms. The number of urea groups is 1. The van der Waals surface area contributed by atoms with E-state index >= 15 is 0 Å². The highest BCUT2D eigenvalue weighted by Crippen LogP contribution is 2.25. The number of aliphatic hydroxyl groups excluding tert-OH is 1. The minimum atomic E-state index is -0.266. The predicted molar refractivity (Wildman–Crippen MR) is 85.4 cm³/mol. The van der Waals surface area contributed by atoms with Gasteiger partial charge >= 0.3 is 6.03 Å². The van der Waals surface area contributed by atoms with Crippen LogP contribution >= 0.6 is 0 Å². The third-order valence-electron chi connectivity index (χ3n) is 4.32. The average molecular weight is 306 g/mol. The quantitative estimate of drug-likeness (QED) is 0.846. The molecule has 2 amide bonds. The number of nitrogens with one attached hydrogen (secondary N) is 1. The van der Waals surface area contributed by atoms with Crippen LogP contribution in [0, 0.1) is 5.92 Å². The van der Waals surface area contributed by atoms with E-state index < -0.39 is 0 Å². The Morgan fingerprint density at radius 3 is 2.73 bits per heavy atom. The summed E-state index contributed by atoms with van der Waals surface area (Å²) in [6, 6.07) is 7.82. The summed E-state index contributed by atoms with van der Waals surface area (Å²) in [6.07, 6.45) is 2.63. The molecule has 0 aliphatic heterocycles. The second-order valence-electron chi connectivity index (χ2n) is 6.00. The Kier molecular flexibility index (Phi) is 6.21. The molecule has 0 saturated heterocycles. The summed E-state index contributed by atoms with van der Waals surface area (Å²) < 4.78 is 5.17. The maximum Gasteiger partial charge on any atom is 0.317 e. The van der Waals surface area contributed by atoms with Crippen molar-refractivity contribution < 1.29 is 14.6 Å². The lowest BCUT2D eigenvalue weighted by atomic mass is 10.1. The second-order valence-corrected chi connectivity index (χ2v) is 6.00. The molecule has 1 saturated carbocycles. The summed E-state index contributed by atoms with van der Waals surface area (Å²) in [6.45, 7) is 1.62. The van der Waals surface area contributed by atoms with Crippen LogP contribution in [0.15, 0.2) is 24.3 Å². The van der Waals surface area contributed by atoms with E-state index in [0.29, 0.717) is 19.7 Å². The Bertz CT molecular complexity index is 493. The molecule has 0 aromatic heterocycles. The molecule has 5 nitrogen and oxygen atoms in total. The van der Waals surface area contributed by atoms with E-state index in [4.69, 9.17) is 4.74 Å². The highest BCUT2D eigenvalue weighted by Gasteiger charge is 2.27. The molecular formula is C17H26N2O3. The van der Waals surface area contributed by atoms with Crippen LogP contribution in [-0.4, -0.2) is 42.8 Å². The standard InChI is InChI=1S/C17H26N2O3/c1-19(11-14-8-5-9-16(14)20)17(21)18-10-13-6-3-4-7-15(13)12-22-2/h3-4,6-7,14,16,20H,5,8-12H2,1-2H3,(H,18,21). The van der Waals surface area contributed by atoms with E-state index in [2.05, 4.69) is 5.32 Å². The van der Waals surface area contributed by atoms with Gasteiger partial charge in [0.05, 0.1) is 12.7 Å². The number of benzene rings is 1. The maximum absolute atomic E-state index is 12.2. The number of carbonyl (C=O) groups excluding carboxylic acids is 1. The van der Waals surface area contributed by atoms with Gasteiger partial charge in [-0.25, -0.2) is 4.79 Å². The largest absolute Gasteiger partial charge is 0.393 e. The molecule has 2 N–H and O–H groups in total. The van der Waals surface area contributed by atoms with Crippen LogP contribution < -0.4 is 5.32 Å². The fourth-order valence-electron chi connectivity index (χ4n) is 3.00. The third-order valence-corrected chi connectivity index (χ3v) is 4.32. The maximum atomic E-state index is 12.2. The van der Waals surface area contributed by atoms with Crippen molar-refractivity contribution >= 4 is 6.03 Å². The molecule has 0 radical (unpaired) electrons. The van der Waals surface area contributed by atoms with E-state index in [0.717, 1.165) is 30.4 Å². The van der Waals surface area contributed by atoms with Crippen LogP contribution in [-0.2, 0) is 17.9 Å². The Morgan fingerprint density at radius 1 is 1.36 bits per heavy atom. The summed E-state index contributed by atoms with van der Waals surface area (Å²) in [5.41, 5.74) is 2.14. The summed E-state index contributed by atoms with van der Waals surface area (Å²) in [7, 11) is 3.44. The summed E-state index contributed by atoms with van der Waals surface area (Å²) in [5, 5.41) is 12.8. The van der Waals surface area contributed by atoms with Gasteiger partial charge in [0.15, 0.2) is 0 Å². The predicted octanol–water partition coefficient (Wildman–Crippen LogP) is 2.14. The van der Waals surface area contributed by atoms with Gasteiger partial charge < -0.3 is 20.1 Å². The van der Waals surface area contributed by atoms with Crippen molar-refractivity contribution in [1.82, 2.24) is 10.2 Å². The van der Waals surface area contributed by atoms with Gasteiger partial charge in [0.2, 0.25) is 0 Å². The molecular weight excluding hydrogens is 280 g/mol. The molecule has 122 valence electrons. The number of hydrogen-bond acceptors (Lipinski definition) is 3. The van der Waals surface area contributed by atoms with Crippen LogP contribution in [0.5, 0.6) is 0 Å². The lowest BCUT2D eigenvalue weighted by Crippen LogP contribution is -2.41. The van der Waals surface area contributed by atoms with Crippen LogP contribution in [0.1, 0.15) is 30.4 Å². The number of amides is 2. The van der Waals surface area contributed by atoms with Crippen molar-refractivity contribution in [1.29, 1.82) is 0 Å². The number of nitrogens with zero attached hydrogens (tertiary/aromatic N) is 1. The van der Waals surface area contributed by atoms with Crippen molar-refractivity contribution in [2.75, 3.05) is 20.7 Å². The van der Waals surface area contributed by atoms with Gasteiger partial charge in [0, 0.05) is 33.2 Å². The zero-order valence-electron chi connectivity index (χ0n) is 13.4. The Morgan fingerprint density at radius 2 is 2.09 bits per heavy atom. The van der Waals surface area contributed by atoms with E-state index in [-0.39, 0.29) is 18.1 Å². The van der Waals surface area contributed by atoms with Gasteiger partial charge in [-0.3, -0.25) is 0 Å². The second kappa shape index (κ2) is 8.15. The fraction of sp³-hybridized carbons (Fsp3) is 0.588. The van der Waals surface area contributed by atoms with Gasteiger partial charge in [0.1, 0.15) is 0 Å². The highest BCUT2D eigenvalue weighted by atomic mass is 16.5. The first-order valence-corrected chi connectivity index (χ1v) is 7.84. The summed E-state index contributed by atoms with van der Waals surface area (Å²) in [5.74, 6) is 0.205. The fourth-order valence-corrected chi connectivity index (χ4v) is 3.00. The number of aliphatic hydroxyl groups is 1. The van der Waals surface area contributed by atoms with E-state index in [1.807, 2.05) is 24.3 Å². The number of methoxy groups -OCH3 is 1. The Balaban J connectivity index is 1.84. The monoisotopic (exact) mass is 306 g/mol. The van der Waals surface area contributed by atoms with Gasteiger partial charge in [0.25, 0.3) is 0 Å². The Hall–Kier alpha value is -1.59. The lowest BCUT2D eigenvalue weighted by Gasteiger charge is -2.23. The van der Waals surface area contributed by atoms with E-state index in [9.17, 15) is 9.90 Å². The van der Waals surface area contributed by atoms with Crippen molar-refractivity contribution in [2.24, 2.45) is 5.92 Å². The number of ether oxygens (including phenoxy) is 1. The lowest BCUT2D eigenvalue weighted by molar-refractivity contribution is 0.114. The normalized spacial score (nSPS) is 20.9. The van der Waals surface area contributed by atoms with Crippen molar-refractivity contribution in [3.05, 3.63) is 35.4 Å². The molecule has 1 aliphatic carbocycles. The van der Waals surface area contributed by atoms with Crippen LogP contribution in [0.2, 0.25) is 0 Å². The number of rotatable bonds is 6. The van der Waals surface area contributed by atoms with Crippen LogP contribution in [0.4, 0.5) is 4.79 Å². The number of hydrogen-bond donors (Lipinski definition) is 2. The third kappa shape index (κ3) is 4.45. The molecule has 0 heterocycles. The smallest absolute Gasteiger partial charge is 0.317 e. The Labute approximate surface area is 132 Å². The van der Waals surface area contributed by atoms with Gasteiger partial charge in [-0.15, -0.1) is 0 Å². The van der Waals surface area contributed by atoms with Gasteiger partial charge in [-0.05, 0) is 24.0 Å². The van der Waals surface area contributed by atoms with Gasteiger partial charge in [-0.1, -0.05) is 30.7 Å². The summed E-state index contributed by atoms with van der Waals surface area (Å²) in [4.78, 5) is 13.8. The zero-order valence-corrected chi connectivity index (χ0v) is 13.4. The van der Waals surface area contributed by atoms with Crippen LogP contribution in [0.25, 0.3) is 0 Å². The van der Waals surface area contributed by atoms with Crippen molar-refractivity contribution in [3.8, 4) is 0 Å². The van der Waals surface area contributed by atoms with Gasteiger partial charge in [-0.2, -0.15) is 0 Å². The van der Waals surface area contributed by atoms with Crippen molar-refractivity contribution in [3.63, 3.8) is 0 Å². The molecule has 2 rings (SSSR count). The SMILES string of the molecule is COCc1ccccc1CNC(=O)N(C)CC1CCCC1O. The van der Waals surface area contributed by atoms with Crippen molar-refractivity contribution in [2.45, 2.75) is 38.5 Å². The first-order chi connectivity index (χ1) is 10.6. The topological polar surface area (TPSA) is 61.8 Å². The molecule has 1 aromatic carbocycles. The minimum Gasteiger partial charge on any atom is -0.393 e. The van der Waals surface area contributed by atoms with E-state index in [1.54, 1.807) is 19.1 Å². The van der Waals surface area contributed by atoms with E-state index in [1.165, 1.54) is 0 Å². The highest BCUT2D eigenvalue weighted by molar-refractivity contribution is 5.73. The molecule has 0 spiro atoms. The molecule has 1 aromatic rings. The zero-order chi connectivity index (χ0) is 15.9. The molecule has 1 aliphatic rings. The first kappa shape index (κ1) is 16.8. The minimum absolute atomic E-state index is 0.105. The molecule has 2 unspecified atom stereocenters. The molecule has 1 fully saturated rings. The van der Waals surface area contributed by atoms with Crippen LogP contribution in [0.3, 0.4) is 0 Å².